The van der Waals surface area contributed by atoms with Gasteiger partial charge in [0, 0.05) is 6.08 Å². The second-order valence-electron chi connectivity index (χ2n) is 1.53. The smallest absolute Gasteiger partial charge is 0.328 e. The number of allylic oxidation sites excluding steroid dienone is 1. The van der Waals surface area contributed by atoms with Crippen LogP contribution in [0.4, 0.5) is 0 Å². The second kappa shape index (κ2) is 3.95. The first-order valence-corrected chi connectivity index (χ1v) is 3.49. The van der Waals surface area contributed by atoms with Crippen molar-refractivity contribution in [3.05, 3.63) is 12.2 Å². The highest BCUT2D eigenvalue weighted by molar-refractivity contribution is 6.77. The molecule has 0 radical (unpaired) electrons. The quantitative estimate of drug-likeness (QED) is 0.564. The van der Waals surface area contributed by atoms with Crippen LogP contribution in [0, 0.1) is 0 Å². The van der Waals surface area contributed by atoms with E-state index in [9.17, 15) is 9.59 Å². The lowest BCUT2D eigenvalue weighted by atomic mass is 10.4. The summed E-state index contributed by atoms with van der Waals surface area (Å²) in [4.78, 5) is 20.5. The van der Waals surface area contributed by atoms with Gasteiger partial charge >= 0.3 is 5.97 Å². The van der Waals surface area contributed by atoms with E-state index >= 15 is 0 Å². The number of hydrogen-bond donors (Lipinski definition) is 1. The Kier molecular flexibility index (Phi) is 3.86. The summed E-state index contributed by atoms with van der Waals surface area (Å²) in [6.45, 7) is 0. The molecule has 0 bridgehead atoms. The number of halogens is 3. The number of carbonyl (C=O) groups is 2. The van der Waals surface area contributed by atoms with Gasteiger partial charge in [-0.2, -0.15) is 0 Å². The van der Waals surface area contributed by atoms with E-state index < -0.39 is 15.5 Å². The summed E-state index contributed by atoms with van der Waals surface area (Å²) in [5.74, 6) is -2.16. The van der Waals surface area contributed by atoms with Crippen LogP contribution in [-0.2, 0) is 9.59 Å². The fourth-order valence-corrected chi connectivity index (χ4v) is 0.430. The first kappa shape index (κ1) is 10.8. The number of alkyl halides is 3. The zero-order valence-electron chi connectivity index (χ0n) is 5.05. The van der Waals surface area contributed by atoms with Crippen LogP contribution in [0.1, 0.15) is 0 Å². The van der Waals surface area contributed by atoms with Crippen molar-refractivity contribution in [2.45, 2.75) is 3.79 Å². The monoisotopic (exact) mass is 216 g/mol. The number of rotatable bonds is 2. The Labute approximate surface area is 77.5 Å². The zero-order chi connectivity index (χ0) is 9.07. The number of carboxylic acids is 1. The molecule has 0 aromatic rings. The molecule has 0 heterocycles. The number of aliphatic carboxylic acids is 1. The number of ketones is 1. The average molecular weight is 217 g/mol. The topological polar surface area (TPSA) is 54.4 Å². The van der Waals surface area contributed by atoms with Crippen molar-refractivity contribution in [1.29, 1.82) is 0 Å². The molecule has 3 nitrogen and oxygen atoms in total. The Morgan fingerprint density at radius 3 is 1.91 bits per heavy atom. The molecule has 0 aliphatic heterocycles. The van der Waals surface area contributed by atoms with Gasteiger partial charge in [-0.15, -0.1) is 0 Å². The Hall–Kier alpha value is -0.250. The van der Waals surface area contributed by atoms with Gasteiger partial charge in [-0.05, 0) is 6.08 Å². The molecule has 0 fully saturated rings. The number of carbonyl (C=O) groups excluding carboxylic acids is 1. The lowest BCUT2D eigenvalue weighted by molar-refractivity contribution is -0.131. The summed E-state index contributed by atoms with van der Waals surface area (Å²) in [6.07, 6.45) is 1.29. The predicted molar refractivity (Wildman–Crippen MR) is 42.1 cm³/mol. The molecule has 0 saturated heterocycles. The molecule has 62 valence electrons. The Bertz CT molecular complexity index is 204. The molecule has 0 aromatic heterocycles. The Balaban J connectivity index is 4.20. The summed E-state index contributed by atoms with van der Waals surface area (Å²) in [6, 6.07) is 0. The second-order valence-corrected chi connectivity index (χ2v) is 3.81. The van der Waals surface area contributed by atoms with Crippen molar-refractivity contribution in [3.8, 4) is 0 Å². The standard InChI is InChI=1S/C5H3Cl3O3/c6-5(7,8)3(9)1-2-4(10)11/h1-2H,(H,10,11). The van der Waals surface area contributed by atoms with Gasteiger partial charge < -0.3 is 5.11 Å². The van der Waals surface area contributed by atoms with Crippen LogP contribution in [0.2, 0.25) is 0 Å². The Morgan fingerprint density at radius 2 is 1.64 bits per heavy atom. The highest BCUT2D eigenvalue weighted by Gasteiger charge is 2.27. The molecule has 6 heteroatoms. The van der Waals surface area contributed by atoms with Gasteiger partial charge in [-0.3, -0.25) is 4.79 Å². The van der Waals surface area contributed by atoms with E-state index in [1.54, 1.807) is 0 Å². The molecule has 0 unspecified atom stereocenters. The molecule has 0 atom stereocenters. The van der Waals surface area contributed by atoms with Crippen LogP contribution in [0.15, 0.2) is 12.2 Å². The van der Waals surface area contributed by atoms with E-state index in [-0.39, 0.29) is 0 Å². The van der Waals surface area contributed by atoms with Crippen LogP contribution in [0.3, 0.4) is 0 Å². The van der Waals surface area contributed by atoms with Crippen molar-refractivity contribution in [1.82, 2.24) is 0 Å². The van der Waals surface area contributed by atoms with Crippen molar-refractivity contribution >= 4 is 46.6 Å². The number of hydrogen-bond acceptors (Lipinski definition) is 2. The normalized spacial score (nSPS) is 11.9. The molecular formula is C5H3Cl3O3. The van der Waals surface area contributed by atoms with E-state index in [0.717, 1.165) is 0 Å². The molecule has 0 amide bonds. The molecule has 1 N–H and O–H groups in total. The van der Waals surface area contributed by atoms with Gasteiger partial charge in [-0.25, -0.2) is 4.79 Å². The minimum atomic E-state index is -2.08. The minimum Gasteiger partial charge on any atom is -0.478 e. The molecular weight excluding hydrogens is 214 g/mol. The SMILES string of the molecule is O=C(O)C=CC(=O)C(Cl)(Cl)Cl. The molecule has 0 aromatic carbocycles. The van der Waals surface area contributed by atoms with Crippen LogP contribution >= 0.6 is 34.8 Å². The van der Waals surface area contributed by atoms with E-state index in [2.05, 4.69) is 0 Å². The van der Waals surface area contributed by atoms with Gasteiger partial charge in [0.1, 0.15) is 0 Å². The van der Waals surface area contributed by atoms with Crippen LogP contribution in [0.5, 0.6) is 0 Å². The first-order valence-electron chi connectivity index (χ1n) is 2.36. The van der Waals surface area contributed by atoms with Crippen LogP contribution in [0.25, 0.3) is 0 Å². The largest absolute Gasteiger partial charge is 0.478 e. The first-order chi connectivity index (χ1) is 4.84. The fourth-order valence-electron chi connectivity index (χ4n) is 0.241. The summed E-state index contributed by atoms with van der Waals surface area (Å²) in [7, 11) is 0. The van der Waals surface area contributed by atoms with Gasteiger partial charge in [0.05, 0.1) is 0 Å². The molecule has 0 rings (SSSR count). The minimum absolute atomic E-state index is 0.601. The Morgan fingerprint density at radius 1 is 1.18 bits per heavy atom. The van der Waals surface area contributed by atoms with Gasteiger partial charge in [0.15, 0.2) is 0 Å². The highest BCUT2D eigenvalue weighted by atomic mass is 35.6. The molecule has 0 spiro atoms. The van der Waals surface area contributed by atoms with E-state index in [0.29, 0.717) is 12.2 Å². The highest BCUT2D eigenvalue weighted by Crippen LogP contribution is 2.27. The van der Waals surface area contributed by atoms with Gasteiger partial charge in [-0.1, -0.05) is 34.8 Å². The molecule has 0 aliphatic carbocycles. The third kappa shape index (κ3) is 5.07. The maximum absolute atomic E-state index is 10.6. The third-order valence-corrected chi connectivity index (χ3v) is 1.22. The van der Waals surface area contributed by atoms with E-state index in [1.807, 2.05) is 0 Å². The summed E-state index contributed by atoms with van der Waals surface area (Å²) in [5.41, 5.74) is 0. The lowest BCUT2D eigenvalue weighted by Gasteiger charge is -2.03. The van der Waals surface area contributed by atoms with Crippen molar-refractivity contribution in [2.75, 3.05) is 0 Å². The summed E-state index contributed by atoms with van der Waals surface area (Å²) in [5, 5.41) is 8.06. The third-order valence-electron chi connectivity index (χ3n) is 0.657. The van der Waals surface area contributed by atoms with Gasteiger partial charge in [0.2, 0.25) is 5.78 Å². The maximum Gasteiger partial charge on any atom is 0.328 e. The average Bonchev–Trinajstić information content (AvgIpc) is 1.80. The molecule has 0 saturated carbocycles. The predicted octanol–water partition coefficient (Wildman–Crippen LogP) is 1.57. The van der Waals surface area contributed by atoms with Crippen LogP contribution in [-0.4, -0.2) is 20.7 Å². The zero-order valence-corrected chi connectivity index (χ0v) is 7.32. The summed E-state index contributed by atoms with van der Waals surface area (Å²) < 4.78 is -2.08. The molecule has 11 heavy (non-hydrogen) atoms. The van der Waals surface area contributed by atoms with Crippen LogP contribution < -0.4 is 0 Å². The number of carboxylic acid groups (broad SMARTS) is 1. The van der Waals surface area contributed by atoms with Gasteiger partial charge in [0.25, 0.3) is 3.79 Å². The van der Waals surface area contributed by atoms with E-state index in [1.165, 1.54) is 0 Å². The summed E-state index contributed by atoms with van der Waals surface area (Å²) >= 11 is 15.3. The van der Waals surface area contributed by atoms with Crippen molar-refractivity contribution in [2.24, 2.45) is 0 Å². The van der Waals surface area contributed by atoms with Crippen molar-refractivity contribution < 1.29 is 14.7 Å². The lowest BCUT2D eigenvalue weighted by Crippen LogP contribution is -2.15. The fraction of sp³-hybridized carbons (Fsp3) is 0.200. The van der Waals surface area contributed by atoms with Crippen molar-refractivity contribution in [3.63, 3.8) is 0 Å². The van der Waals surface area contributed by atoms with E-state index in [4.69, 9.17) is 39.9 Å². The molecule has 0 aliphatic rings. The maximum atomic E-state index is 10.6.